The van der Waals surface area contributed by atoms with Crippen LogP contribution < -0.4 is 15.8 Å². The van der Waals surface area contributed by atoms with Gasteiger partial charge in [0, 0.05) is 18.8 Å². The van der Waals surface area contributed by atoms with E-state index in [0.717, 1.165) is 0 Å². The van der Waals surface area contributed by atoms with Gasteiger partial charge in [-0.1, -0.05) is 11.6 Å². The number of halogens is 1. The summed E-state index contributed by atoms with van der Waals surface area (Å²) in [7, 11) is 0. The molecule has 1 aliphatic carbocycles. The molecule has 1 saturated carbocycles. The average Bonchev–Trinajstić information content (AvgIpc) is 3.27. The first-order valence-corrected chi connectivity index (χ1v) is 8.08. The predicted octanol–water partition coefficient (Wildman–Crippen LogP) is 2.02. The van der Waals surface area contributed by atoms with Crippen LogP contribution in [-0.2, 0) is 9.59 Å². The molecule has 0 bridgehead atoms. The van der Waals surface area contributed by atoms with E-state index in [1.807, 2.05) is 13.8 Å². The lowest BCUT2D eigenvalue weighted by molar-refractivity contribution is -0.133. The lowest BCUT2D eigenvalue weighted by Gasteiger charge is -2.19. The van der Waals surface area contributed by atoms with Crippen molar-refractivity contribution in [3.8, 4) is 5.75 Å². The third-order valence-corrected chi connectivity index (χ3v) is 4.19. The molecular formula is C16H22ClN3O3. The molecule has 1 aliphatic rings. The van der Waals surface area contributed by atoms with Crippen molar-refractivity contribution in [3.05, 3.63) is 23.2 Å². The molecule has 0 aromatic heterocycles. The lowest BCUT2D eigenvalue weighted by atomic mass is 10.2. The van der Waals surface area contributed by atoms with Gasteiger partial charge in [0.1, 0.15) is 5.75 Å². The highest BCUT2D eigenvalue weighted by Crippen LogP contribution is 2.34. The Bertz CT molecular complexity index is 598. The summed E-state index contributed by atoms with van der Waals surface area (Å²) in [6, 6.07) is 4.89. The SMILES string of the molecule is CCN(CC)C(=O)COc1ccc(NC(=O)C2(N)CC2)cc1Cl. The van der Waals surface area contributed by atoms with Gasteiger partial charge in [0.15, 0.2) is 6.61 Å². The van der Waals surface area contributed by atoms with E-state index in [9.17, 15) is 9.59 Å². The van der Waals surface area contributed by atoms with E-state index in [-0.39, 0.29) is 18.4 Å². The van der Waals surface area contributed by atoms with E-state index in [1.54, 1.807) is 23.1 Å². The summed E-state index contributed by atoms with van der Waals surface area (Å²) in [6.45, 7) is 5.03. The summed E-state index contributed by atoms with van der Waals surface area (Å²) in [5, 5.41) is 3.07. The van der Waals surface area contributed by atoms with Gasteiger partial charge in [0.2, 0.25) is 5.91 Å². The van der Waals surface area contributed by atoms with E-state index < -0.39 is 5.54 Å². The van der Waals surface area contributed by atoms with Crippen molar-refractivity contribution < 1.29 is 14.3 Å². The molecule has 0 radical (unpaired) electrons. The maximum atomic E-state index is 11.9. The zero-order valence-corrected chi connectivity index (χ0v) is 14.2. The normalized spacial score (nSPS) is 15.0. The second-order valence-electron chi connectivity index (χ2n) is 5.61. The van der Waals surface area contributed by atoms with Crippen molar-refractivity contribution >= 4 is 29.1 Å². The minimum Gasteiger partial charge on any atom is -0.482 e. The number of rotatable bonds is 7. The lowest BCUT2D eigenvalue weighted by Crippen LogP contribution is -2.37. The topological polar surface area (TPSA) is 84.7 Å². The Morgan fingerprint density at radius 2 is 2.00 bits per heavy atom. The number of carbonyl (C=O) groups is 2. The molecular weight excluding hydrogens is 318 g/mol. The maximum Gasteiger partial charge on any atom is 0.260 e. The number of hydrogen-bond acceptors (Lipinski definition) is 4. The fourth-order valence-electron chi connectivity index (χ4n) is 2.12. The maximum absolute atomic E-state index is 11.9. The number of nitrogens with zero attached hydrogens (tertiary/aromatic N) is 1. The van der Waals surface area contributed by atoms with Crippen LogP contribution in [0.3, 0.4) is 0 Å². The van der Waals surface area contributed by atoms with Crippen molar-refractivity contribution in [2.45, 2.75) is 32.2 Å². The number of anilines is 1. The molecule has 0 heterocycles. The fraction of sp³-hybridized carbons (Fsp3) is 0.500. The fourth-order valence-corrected chi connectivity index (χ4v) is 2.36. The van der Waals surface area contributed by atoms with Crippen LogP contribution in [0.1, 0.15) is 26.7 Å². The van der Waals surface area contributed by atoms with Crippen molar-refractivity contribution in [1.82, 2.24) is 4.90 Å². The molecule has 3 N–H and O–H groups in total. The number of nitrogens with two attached hydrogens (primary N) is 1. The monoisotopic (exact) mass is 339 g/mol. The Hall–Kier alpha value is -1.79. The Kier molecular flexibility index (Phi) is 5.49. The minimum atomic E-state index is -0.738. The highest BCUT2D eigenvalue weighted by atomic mass is 35.5. The van der Waals surface area contributed by atoms with E-state index in [1.165, 1.54) is 0 Å². The molecule has 1 aromatic rings. The molecule has 0 aliphatic heterocycles. The number of benzene rings is 1. The van der Waals surface area contributed by atoms with E-state index in [0.29, 0.717) is 42.4 Å². The van der Waals surface area contributed by atoms with Gasteiger partial charge in [-0.3, -0.25) is 9.59 Å². The Morgan fingerprint density at radius 1 is 1.35 bits per heavy atom. The van der Waals surface area contributed by atoms with Gasteiger partial charge in [-0.15, -0.1) is 0 Å². The summed E-state index contributed by atoms with van der Waals surface area (Å²) in [4.78, 5) is 25.5. The molecule has 0 unspecified atom stereocenters. The van der Waals surface area contributed by atoms with E-state index in [2.05, 4.69) is 5.32 Å². The molecule has 1 fully saturated rings. The number of hydrogen-bond donors (Lipinski definition) is 2. The van der Waals surface area contributed by atoms with Crippen LogP contribution in [0, 0.1) is 0 Å². The standard InChI is InChI=1S/C16H22ClN3O3/c1-3-20(4-2)14(21)10-23-13-6-5-11(9-12(13)17)19-15(22)16(18)7-8-16/h5-6,9H,3-4,7-8,10,18H2,1-2H3,(H,19,22). The smallest absolute Gasteiger partial charge is 0.260 e. The van der Waals surface area contributed by atoms with Crippen molar-refractivity contribution in [2.24, 2.45) is 5.73 Å². The van der Waals surface area contributed by atoms with Crippen LogP contribution in [0.2, 0.25) is 5.02 Å². The van der Waals surface area contributed by atoms with Gasteiger partial charge >= 0.3 is 0 Å². The first-order valence-electron chi connectivity index (χ1n) is 7.70. The molecule has 7 heteroatoms. The van der Waals surface area contributed by atoms with Crippen molar-refractivity contribution in [2.75, 3.05) is 25.0 Å². The molecule has 23 heavy (non-hydrogen) atoms. The number of amides is 2. The Morgan fingerprint density at radius 3 is 2.52 bits per heavy atom. The quantitative estimate of drug-likeness (QED) is 0.796. The zero-order chi connectivity index (χ0) is 17.0. The summed E-state index contributed by atoms with van der Waals surface area (Å²) in [5.74, 6) is 0.0975. The van der Waals surface area contributed by atoms with Crippen LogP contribution in [0.25, 0.3) is 0 Å². The first-order chi connectivity index (χ1) is 10.9. The summed E-state index contributed by atoms with van der Waals surface area (Å²) in [5.41, 5.74) is 5.65. The average molecular weight is 340 g/mol. The first kappa shape index (κ1) is 17.6. The third-order valence-electron chi connectivity index (χ3n) is 3.90. The zero-order valence-electron chi connectivity index (χ0n) is 13.4. The van der Waals surface area contributed by atoms with E-state index >= 15 is 0 Å². The molecule has 6 nitrogen and oxygen atoms in total. The Balaban J connectivity index is 1.94. The van der Waals surface area contributed by atoms with Gasteiger partial charge in [-0.2, -0.15) is 0 Å². The van der Waals surface area contributed by atoms with Crippen molar-refractivity contribution in [1.29, 1.82) is 0 Å². The van der Waals surface area contributed by atoms with Crippen LogP contribution in [0.4, 0.5) is 5.69 Å². The Labute approximate surface area is 140 Å². The highest BCUT2D eigenvalue weighted by molar-refractivity contribution is 6.32. The van der Waals surface area contributed by atoms with Crippen LogP contribution in [-0.4, -0.2) is 41.9 Å². The summed E-state index contributed by atoms with van der Waals surface area (Å²) >= 11 is 6.14. The molecule has 2 rings (SSSR count). The molecule has 0 spiro atoms. The number of carbonyl (C=O) groups excluding carboxylic acids is 2. The molecule has 0 atom stereocenters. The van der Waals surface area contributed by atoms with Crippen molar-refractivity contribution in [3.63, 3.8) is 0 Å². The number of nitrogens with one attached hydrogen (secondary N) is 1. The van der Waals surface area contributed by atoms with Gasteiger partial charge in [0.05, 0.1) is 10.6 Å². The summed E-state index contributed by atoms with van der Waals surface area (Å²) in [6.07, 6.45) is 1.39. The predicted molar refractivity (Wildman–Crippen MR) is 89.7 cm³/mol. The van der Waals surface area contributed by atoms with Gasteiger partial charge in [-0.25, -0.2) is 0 Å². The molecule has 126 valence electrons. The third kappa shape index (κ3) is 4.36. The number of likely N-dealkylation sites (N-methyl/N-ethyl adjacent to an activating group) is 1. The van der Waals surface area contributed by atoms with Crippen LogP contribution >= 0.6 is 11.6 Å². The largest absolute Gasteiger partial charge is 0.482 e. The minimum absolute atomic E-state index is 0.0704. The second kappa shape index (κ2) is 7.19. The molecule has 2 amide bonds. The molecule has 1 aromatic carbocycles. The van der Waals surface area contributed by atoms with Gasteiger partial charge < -0.3 is 20.7 Å². The van der Waals surface area contributed by atoms with Crippen LogP contribution in [0.15, 0.2) is 18.2 Å². The molecule has 0 saturated heterocycles. The van der Waals surface area contributed by atoms with Gasteiger partial charge in [0.25, 0.3) is 5.91 Å². The number of ether oxygens (including phenoxy) is 1. The van der Waals surface area contributed by atoms with Gasteiger partial charge in [-0.05, 0) is 44.9 Å². The second-order valence-corrected chi connectivity index (χ2v) is 6.02. The summed E-state index contributed by atoms with van der Waals surface area (Å²) < 4.78 is 5.46. The highest BCUT2D eigenvalue weighted by Gasteiger charge is 2.45. The van der Waals surface area contributed by atoms with Crippen LogP contribution in [0.5, 0.6) is 5.75 Å². The van der Waals surface area contributed by atoms with E-state index in [4.69, 9.17) is 22.1 Å².